The van der Waals surface area contributed by atoms with Crippen molar-refractivity contribution >= 4 is 32.7 Å². The first kappa shape index (κ1) is 25.6. The van der Waals surface area contributed by atoms with E-state index in [0.717, 1.165) is 44.5 Å². The van der Waals surface area contributed by atoms with E-state index in [4.69, 9.17) is 19.7 Å². The Morgan fingerprint density at radius 1 is 0.489 bits per heavy atom. The molecule has 2 heterocycles. The summed E-state index contributed by atoms with van der Waals surface area (Å²) in [5.74, 6) is 2.81. The molecule has 2 aliphatic rings. The highest BCUT2D eigenvalue weighted by atomic mass is 16.5. The number of hydrogen-bond acceptors (Lipinski definition) is 4. The van der Waals surface area contributed by atoms with Gasteiger partial charge in [0.25, 0.3) is 0 Å². The summed E-state index contributed by atoms with van der Waals surface area (Å²) in [6.07, 6.45) is 4.20. The third-order valence-electron chi connectivity index (χ3n) is 8.90. The average Bonchev–Trinajstić information content (AvgIpc) is 3.50. The smallest absolute Gasteiger partial charge is 0.164 e. The molecule has 0 N–H and O–H groups in total. The second-order valence-electron chi connectivity index (χ2n) is 11.5. The first-order valence-electron chi connectivity index (χ1n) is 15.3. The van der Waals surface area contributed by atoms with Gasteiger partial charge >= 0.3 is 0 Å². The molecule has 45 heavy (non-hydrogen) atoms. The van der Waals surface area contributed by atoms with Gasteiger partial charge in [0.15, 0.2) is 17.5 Å². The second-order valence-corrected chi connectivity index (χ2v) is 11.5. The summed E-state index contributed by atoms with van der Waals surface area (Å²) < 4.78 is 6.47. The van der Waals surface area contributed by atoms with Crippen LogP contribution in [0.25, 0.3) is 55.5 Å². The largest absolute Gasteiger partial charge is 0.485 e. The molecule has 7 aromatic rings. The molecule has 0 bridgehead atoms. The maximum absolute atomic E-state index is 6.47. The van der Waals surface area contributed by atoms with Crippen molar-refractivity contribution in [1.29, 1.82) is 0 Å². The van der Waals surface area contributed by atoms with Gasteiger partial charge in [-0.3, -0.25) is 0 Å². The van der Waals surface area contributed by atoms with Crippen molar-refractivity contribution in [2.75, 3.05) is 0 Å². The first-order valence-corrected chi connectivity index (χ1v) is 15.3. The Kier molecular flexibility index (Phi) is 5.91. The molecule has 0 saturated heterocycles. The van der Waals surface area contributed by atoms with E-state index >= 15 is 0 Å². The fourth-order valence-electron chi connectivity index (χ4n) is 6.78. The molecule has 4 nitrogen and oxygen atoms in total. The highest BCUT2D eigenvalue weighted by Crippen LogP contribution is 2.51. The van der Waals surface area contributed by atoms with Crippen LogP contribution >= 0.6 is 0 Å². The van der Waals surface area contributed by atoms with Crippen LogP contribution in [0.15, 0.2) is 152 Å². The van der Waals surface area contributed by atoms with Crippen molar-refractivity contribution in [2.24, 2.45) is 0 Å². The van der Waals surface area contributed by atoms with Crippen LogP contribution in [-0.2, 0) is 0 Å². The Bertz CT molecular complexity index is 2310. The van der Waals surface area contributed by atoms with Gasteiger partial charge in [-0.2, -0.15) is 0 Å². The lowest BCUT2D eigenvalue weighted by molar-refractivity contribution is 0.271. The predicted molar refractivity (Wildman–Crippen MR) is 182 cm³/mol. The third kappa shape index (κ3) is 4.34. The maximum Gasteiger partial charge on any atom is 0.164 e. The number of para-hydroxylation sites is 1. The third-order valence-corrected chi connectivity index (χ3v) is 8.90. The van der Waals surface area contributed by atoms with Gasteiger partial charge < -0.3 is 4.74 Å². The minimum atomic E-state index is -0.140. The van der Waals surface area contributed by atoms with Crippen molar-refractivity contribution in [3.63, 3.8) is 0 Å². The molecule has 1 aliphatic carbocycles. The molecular weight excluding hydrogens is 550 g/mol. The molecule has 1 aromatic heterocycles. The zero-order valence-corrected chi connectivity index (χ0v) is 24.3. The van der Waals surface area contributed by atoms with Gasteiger partial charge in [-0.25, -0.2) is 15.0 Å². The van der Waals surface area contributed by atoms with Gasteiger partial charge in [0.05, 0.1) is 5.92 Å². The molecule has 9 rings (SSSR count). The average molecular weight is 578 g/mol. The zero-order chi connectivity index (χ0) is 29.7. The number of aromatic nitrogens is 3. The topological polar surface area (TPSA) is 47.9 Å². The summed E-state index contributed by atoms with van der Waals surface area (Å²) in [4.78, 5) is 15.5. The quantitative estimate of drug-likeness (QED) is 0.196. The number of fused-ring (bicyclic) bond motifs is 6. The minimum absolute atomic E-state index is 0.0525. The summed E-state index contributed by atoms with van der Waals surface area (Å²) in [5.41, 5.74) is 6.31. The normalized spacial score (nSPS) is 16.9. The highest BCUT2D eigenvalue weighted by Gasteiger charge is 2.40. The van der Waals surface area contributed by atoms with E-state index < -0.39 is 0 Å². The predicted octanol–water partition coefficient (Wildman–Crippen LogP) is 9.54. The van der Waals surface area contributed by atoms with Crippen LogP contribution in [0.1, 0.15) is 22.9 Å². The molecule has 2 atom stereocenters. The number of nitrogens with zero attached hydrogens (tertiary/aromatic N) is 3. The zero-order valence-electron chi connectivity index (χ0n) is 24.3. The molecule has 0 saturated carbocycles. The van der Waals surface area contributed by atoms with Crippen LogP contribution < -0.4 is 4.74 Å². The Hall–Kier alpha value is -5.87. The van der Waals surface area contributed by atoms with Gasteiger partial charge in [-0.15, -0.1) is 0 Å². The number of rotatable bonds is 4. The fourth-order valence-corrected chi connectivity index (χ4v) is 6.78. The number of benzene rings is 6. The monoisotopic (exact) mass is 577 g/mol. The van der Waals surface area contributed by atoms with Crippen molar-refractivity contribution in [3.8, 4) is 28.5 Å². The van der Waals surface area contributed by atoms with Crippen molar-refractivity contribution in [3.05, 3.63) is 169 Å². The van der Waals surface area contributed by atoms with E-state index in [9.17, 15) is 0 Å². The molecular formula is C41H27N3O. The molecule has 1 aliphatic heterocycles. The van der Waals surface area contributed by atoms with Crippen LogP contribution in [0, 0.1) is 0 Å². The van der Waals surface area contributed by atoms with Gasteiger partial charge in [0.2, 0.25) is 0 Å². The van der Waals surface area contributed by atoms with Crippen molar-refractivity contribution in [2.45, 2.75) is 12.0 Å². The molecule has 212 valence electrons. The Balaban J connectivity index is 1.30. The van der Waals surface area contributed by atoms with E-state index in [1.165, 1.54) is 16.2 Å². The lowest BCUT2D eigenvalue weighted by atomic mass is 9.79. The van der Waals surface area contributed by atoms with Crippen LogP contribution in [0.3, 0.4) is 0 Å². The molecule has 2 unspecified atom stereocenters. The summed E-state index contributed by atoms with van der Waals surface area (Å²) >= 11 is 0. The van der Waals surface area contributed by atoms with Gasteiger partial charge in [-0.1, -0.05) is 133 Å². The molecule has 6 aromatic carbocycles. The lowest BCUT2D eigenvalue weighted by Gasteiger charge is -2.26. The van der Waals surface area contributed by atoms with E-state index in [-0.39, 0.29) is 12.0 Å². The van der Waals surface area contributed by atoms with E-state index in [0.29, 0.717) is 17.5 Å². The van der Waals surface area contributed by atoms with Gasteiger partial charge in [0.1, 0.15) is 11.9 Å². The summed E-state index contributed by atoms with van der Waals surface area (Å²) in [6, 6.07) is 48.4. The minimum Gasteiger partial charge on any atom is -0.485 e. The maximum atomic E-state index is 6.47. The van der Waals surface area contributed by atoms with E-state index in [1.54, 1.807) is 0 Å². The van der Waals surface area contributed by atoms with Crippen molar-refractivity contribution in [1.82, 2.24) is 15.0 Å². The molecule has 0 spiro atoms. The molecule has 0 amide bonds. The first-order chi connectivity index (χ1) is 22.3. The molecule has 0 radical (unpaired) electrons. The highest BCUT2D eigenvalue weighted by molar-refractivity contribution is 6.08. The standard InChI is InChI=1S/C41H27N3O/c1-3-11-26(12-4-1)33-23-24-36-37(34-17-9-10-18-35(34)45-36)38(33)41-43-39(28-14-5-2-6-15-28)42-40(44-41)30-21-22-32-29(25-30)20-19-27-13-7-8-16-31(27)32/h1-25,36-37H. The van der Waals surface area contributed by atoms with Crippen molar-refractivity contribution < 1.29 is 4.74 Å². The SMILES string of the molecule is C1=CC2Oc3ccccc3C2C(c2nc(-c3ccccc3)nc(-c3ccc4c(ccc5ccccc54)c3)n2)=C1c1ccccc1. The van der Waals surface area contributed by atoms with E-state index in [2.05, 4.69) is 115 Å². The summed E-state index contributed by atoms with van der Waals surface area (Å²) in [5, 5.41) is 4.83. The van der Waals surface area contributed by atoms with Gasteiger partial charge in [0, 0.05) is 22.3 Å². The number of ether oxygens (including phenoxy) is 1. The second kappa shape index (κ2) is 10.4. The van der Waals surface area contributed by atoms with Crippen LogP contribution in [-0.4, -0.2) is 21.1 Å². The van der Waals surface area contributed by atoms with Crippen LogP contribution in [0.2, 0.25) is 0 Å². The van der Waals surface area contributed by atoms with E-state index in [1.807, 2.05) is 36.4 Å². The Morgan fingerprint density at radius 3 is 1.98 bits per heavy atom. The van der Waals surface area contributed by atoms with Gasteiger partial charge in [-0.05, 0) is 50.9 Å². The number of hydrogen-bond donors (Lipinski definition) is 0. The summed E-state index contributed by atoms with van der Waals surface area (Å²) in [7, 11) is 0. The molecule has 4 heteroatoms. The summed E-state index contributed by atoms with van der Waals surface area (Å²) in [6.45, 7) is 0. The fraction of sp³-hybridized carbons (Fsp3) is 0.0488. The van der Waals surface area contributed by atoms with Crippen LogP contribution in [0.5, 0.6) is 5.75 Å². The molecule has 0 fully saturated rings. The van der Waals surface area contributed by atoms with Crippen LogP contribution in [0.4, 0.5) is 0 Å². The Morgan fingerprint density at radius 2 is 1.13 bits per heavy atom. The number of allylic oxidation sites excluding steroid dienone is 2. The Labute approximate surface area is 261 Å². The lowest BCUT2D eigenvalue weighted by Crippen LogP contribution is -2.22.